The Hall–Kier alpha value is -3.00. The number of carboxylic acids is 1. The predicted molar refractivity (Wildman–Crippen MR) is 105 cm³/mol. The standard InChI is InChI=1S/C20H21N3O4S/c1-11(18-12(2)23-27-13(18)3)7-17(24)21-9-14-5-4-6-15(8-14)19-22-16(10-28-19)20(25)26/h4-6,8,10-11H,7,9H2,1-3H3,(H,21,24)(H,25,26). The normalized spacial score (nSPS) is 12.0. The molecule has 8 heteroatoms. The molecule has 2 N–H and O–H groups in total. The number of hydrogen-bond donors (Lipinski definition) is 2. The number of thiazole rings is 1. The number of aromatic carboxylic acids is 1. The minimum Gasteiger partial charge on any atom is -0.476 e. The Bertz CT molecular complexity index is 989. The van der Waals surface area contributed by atoms with Crippen molar-refractivity contribution in [3.8, 4) is 10.6 Å². The minimum absolute atomic E-state index is 0.0161. The van der Waals surface area contributed by atoms with Crippen molar-refractivity contribution < 1.29 is 19.2 Å². The van der Waals surface area contributed by atoms with Crippen LogP contribution in [-0.4, -0.2) is 27.1 Å². The Kier molecular flexibility index (Phi) is 5.89. The van der Waals surface area contributed by atoms with Crippen molar-refractivity contribution in [2.75, 3.05) is 0 Å². The zero-order valence-corrected chi connectivity index (χ0v) is 16.7. The van der Waals surface area contributed by atoms with Crippen molar-refractivity contribution in [1.29, 1.82) is 0 Å². The molecular formula is C20H21N3O4S. The number of nitrogens with zero attached hydrogens (tertiary/aromatic N) is 2. The molecule has 7 nitrogen and oxygen atoms in total. The van der Waals surface area contributed by atoms with E-state index in [-0.39, 0.29) is 17.5 Å². The molecule has 2 heterocycles. The quantitative estimate of drug-likeness (QED) is 0.624. The van der Waals surface area contributed by atoms with Crippen molar-refractivity contribution in [2.45, 2.75) is 39.7 Å². The van der Waals surface area contributed by atoms with E-state index in [1.165, 1.54) is 16.7 Å². The van der Waals surface area contributed by atoms with Gasteiger partial charge in [0.2, 0.25) is 5.91 Å². The first kappa shape index (κ1) is 19.8. The largest absolute Gasteiger partial charge is 0.476 e. The van der Waals surface area contributed by atoms with E-state index in [0.717, 1.165) is 28.1 Å². The van der Waals surface area contributed by atoms with Crippen LogP contribution in [-0.2, 0) is 11.3 Å². The summed E-state index contributed by atoms with van der Waals surface area (Å²) in [5.74, 6) is -0.337. The third kappa shape index (κ3) is 4.45. The summed E-state index contributed by atoms with van der Waals surface area (Å²) < 4.78 is 5.18. The number of hydrogen-bond acceptors (Lipinski definition) is 6. The Balaban J connectivity index is 1.61. The highest BCUT2D eigenvalue weighted by atomic mass is 32.1. The lowest BCUT2D eigenvalue weighted by atomic mass is 9.96. The van der Waals surface area contributed by atoms with Crippen LogP contribution in [0.3, 0.4) is 0 Å². The number of aryl methyl sites for hydroxylation is 2. The van der Waals surface area contributed by atoms with Gasteiger partial charge in [0.05, 0.1) is 5.69 Å². The van der Waals surface area contributed by atoms with Crippen LogP contribution in [0.5, 0.6) is 0 Å². The number of rotatable bonds is 7. The molecule has 146 valence electrons. The van der Waals surface area contributed by atoms with E-state index in [1.807, 2.05) is 45.0 Å². The zero-order chi connectivity index (χ0) is 20.3. The fourth-order valence-corrected chi connectivity index (χ4v) is 3.96. The second-order valence-electron chi connectivity index (χ2n) is 6.66. The Morgan fingerprint density at radius 2 is 2.11 bits per heavy atom. The van der Waals surface area contributed by atoms with Gasteiger partial charge < -0.3 is 14.9 Å². The minimum atomic E-state index is -1.04. The van der Waals surface area contributed by atoms with Gasteiger partial charge in [-0.05, 0) is 31.4 Å². The maximum Gasteiger partial charge on any atom is 0.355 e. The molecule has 2 aromatic heterocycles. The Labute approximate surface area is 166 Å². The fourth-order valence-electron chi connectivity index (χ4n) is 3.17. The summed E-state index contributed by atoms with van der Waals surface area (Å²) in [6, 6.07) is 7.55. The van der Waals surface area contributed by atoms with Crippen molar-refractivity contribution in [2.24, 2.45) is 0 Å². The first-order chi connectivity index (χ1) is 13.3. The molecule has 0 aliphatic heterocycles. The van der Waals surface area contributed by atoms with Crippen molar-refractivity contribution >= 4 is 23.2 Å². The molecule has 0 saturated carbocycles. The monoisotopic (exact) mass is 399 g/mol. The van der Waals surface area contributed by atoms with E-state index >= 15 is 0 Å². The zero-order valence-electron chi connectivity index (χ0n) is 15.9. The average Bonchev–Trinajstić information content (AvgIpc) is 3.27. The topological polar surface area (TPSA) is 105 Å². The number of carbonyl (C=O) groups is 2. The molecule has 3 rings (SSSR count). The van der Waals surface area contributed by atoms with E-state index in [9.17, 15) is 9.59 Å². The highest BCUT2D eigenvalue weighted by Gasteiger charge is 2.19. The third-order valence-electron chi connectivity index (χ3n) is 4.46. The molecule has 3 aromatic rings. The van der Waals surface area contributed by atoms with Gasteiger partial charge >= 0.3 is 5.97 Å². The van der Waals surface area contributed by atoms with Gasteiger partial charge in [-0.2, -0.15) is 0 Å². The van der Waals surface area contributed by atoms with Crippen molar-refractivity contribution in [3.63, 3.8) is 0 Å². The van der Waals surface area contributed by atoms with Gasteiger partial charge in [-0.15, -0.1) is 11.3 Å². The number of carbonyl (C=O) groups excluding carboxylic acids is 1. The Morgan fingerprint density at radius 3 is 2.75 bits per heavy atom. The van der Waals surface area contributed by atoms with Gasteiger partial charge in [0.15, 0.2) is 5.69 Å². The van der Waals surface area contributed by atoms with Crippen LogP contribution < -0.4 is 5.32 Å². The molecule has 1 aromatic carbocycles. The fraction of sp³-hybridized carbons (Fsp3) is 0.300. The molecule has 1 amide bonds. The molecule has 0 aliphatic carbocycles. The molecule has 28 heavy (non-hydrogen) atoms. The smallest absolute Gasteiger partial charge is 0.355 e. The van der Waals surface area contributed by atoms with E-state index in [0.29, 0.717) is 18.0 Å². The summed E-state index contributed by atoms with van der Waals surface area (Å²) in [7, 11) is 0. The second kappa shape index (κ2) is 8.35. The maximum atomic E-state index is 12.3. The molecule has 0 bridgehead atoms. The van der Waals surface area contributed by atoms with Gasteiger partial charge in [-0.25, -0.2) is 9.78 Å². The number of benzene rings is 1. The Morgan fingerprint density at radius 1 is 1.32 bits per heavy atom. The van der Waals surface area contributed by atoms with Crippen LogP contribution in [0.25, 0.3) is 10.6 Å². The number of carboxylic acid groups (broad SMARTS) is 1. The van der Waals surface area contributed by atoms with Gasteiger partial charge in [0.25, 0.3) is 0 Å². The van der Waals surface area contributed by atoms with Crippen LogP contribution in [0.4, 0.5) is 0 Å². The molecule has 0 spiro atoms. The van der Waals surface area contributed by atoms with E-state index in [4.69, 9.17) is 9.63 Å². The molecule has 1 unspecified atom stereocenters. The van der Waals surface area contributed by atoms with Gasteiger partial charge in [-0.3, -0.25) is 4.79 Å². The summed E-state index contributed by atoms with van der Waals surface area (Å²) >= 11 is 1.28. The summed E-state index contributed by atoms with van der Waals surface area (Å²) in [4.78, 5) is 27.4. The number of nitrogens with one attached hydrogen (secondary N) is 1. The lowest BCUT2D eigenvalue weighted by Gasteiger charge is -2.12. The highest BCUT2D eigenvalue weighted by Crippen LogP contribution is 2.26. The van der Waals surface area contributed by atoms with Crippen molar-refractivity contribution in [3.05, 3.63) is 57.9 Å². The van der Waals surface area contributed by atoms with Gasteiger partial charge in [0, 0.05) is 29.5 Å². The lowest BCUT2D eigenvalue weighted by Crippen LogP contribution is -2.24. The van der Waals surface area contributed by atoms with Crippen LogP contribution >= 0.6 is 11.3 Å². The highest BCUT2D eigenvalue weighted by molar-refractivity contribution is 7.13. The molecule has 0 fully saturated rings. The molecule has 1 atom stereocenters. The van der Waals surface area contributed by atoms with E-state index in [2.05, 4.69) is 15.5 Å². The summed E-state index contributed by atoms with van der Waals surface area (Å²) in [6.45, 7) is 6.09. The van der Waals surface area contributed by atoms with Crippen LogP contribution in [0.1, 0.15) is 52.3 Å². The number of aromatic nitrogens is 2. The SMILES string of the molecule is Cc1noc(C)c1C(C)CC(=O)NCc1cccc(-c2nc(C(=O)O)cs2)c1. The number of amides is 1. The third-order valence-corrected chi connectivity index (χ3v) is 5.35. The maximum absolute atomic E-state index is 12.3. The van der Waals surface area contributed by atoms with Crippen LogP contribution in [0.2, 0.25) is 0 Å². The first-order valence-electron chi connectivity index (χ1n) is 8.82. The summed E-state index contributed by atoms with van der Waals surface area (Å²) in [5.41, 5.74) is 3.58. The van der Waals surface area contributed by atoms with Crippen LogP contribution in [0.15, 0.2) is 34.2 Å². The lowest BCUT2D eigenvalue weighted by molar-refractivity contribution is -0.121. The molecule has 0 radical (unpaired) electrons. The predicted octanol–water partition coefficient (Wildman–Crippen LogP) is 3.92. The summed E-state index contributed by atoms with van der Waals surface area (Å²) in [5, 5.41) is 18.0. The summed E-state index contributed by atoms with van der Waals surface area (Å²) in [6.07, 6.45) is 0.344. The first-order valence-corrected chi connectivity index (χ1v) is 9.70. The molecule has 0 saturated heterocycles. The van der Waals surface area contributed by atoms with Crippen molar-refractivity contribution in [1.82, 2.24) is 15.5 Å². The van der Waals surface area contributed by atoms with Gasteiger partial charge in [0.1, 0.15) is 10.8 Å². The average molecular weight is 399 g/mol. The molecule has 0 aliphatic rings. The van der Waals surface area contributed by atoms with Crippen LogP contribution in [0, 0.1) is 13.8 Å². The van der Waals surface area contributed by atoms with E-state index < -0.39 is 5.97 Å². The molecular weight excluding hydrogens is 378 g/mol. The van der Waals surface area contributed by atoms with E-state index in [1.54, 1.807) is 0 Å². The van der Waals surface area contributed by atoms with Gasteiger partial charge in [-0.1, -0.05) is 30.3 Å². The second-order valence-corrected chi connectivity index (χ2v) is 7.52.